The van der Waals surface area contributed by atoms with E-state index >= 15 is 0 Å². The number of thiazole rings is 1. The number of aromatic nitrogens is 1. The molecule has 2 aromatic carbocycles. The average molecular weight is 376 g/mol. The average Bonchev–Trinajstić information content (AvgIpc) is 3.07. The molecule has 1 atom stereocenters. The number of hydroxylamine groups is 2. The number of carbonyl (C=O) groups is 1. The van der Waals surface area contributed by atoms with E-state index < -0.39 is 15.9 Å². The van der Waals surface area contributed by atoms with E-state index in [-0.39, 0.29) is 17.9 Å². The molecule has 1 amide bonds. The van der Waals surface area contributed by atoms with Crippen LogP contribution in [0.3, 0.4) is 0 Å². The molecule has 6 nitrogen and oxygen atoms in total. The van der Waals surface area contributed by atoms with Gasteiger partial charge in [-0.05, 0) is 23.3 Å². The number of fused-ring (bicyclic) bond motifs is 1. The van der Waals surface area contributed by atoms with Crippen molar-refractivity contribution >= 4 is 37.8 Å². The zero-order valence-electron chi connectivity index (χ0n) is 13.1. The molecular weight excluding hydrogens is 360 g/mol. The molecule has 130 valence electrons. The van der Waals surface area contributed by atoms with Crippen LogP contribution in [0.15, 0.2) is 54.0 Å². The zero-order chi connectivity index (χ0) is 17.9. The van der Waals surface area contributed by atoms with Crippen LogP contribution < -0.4 is 0 Å². The molecule has 0 aliphatic heterocycles. The summed E-state index contributed by atoms with van der Waals surface area (Å²) in [5.74, 6) is -0.538. The Hall–Kier alpha value is -2.29. The molecule has 0 aliphatic rings. The van der Waals surface area contributed by atoms with Crippen LogP contribution in [0.2, 0.25) is 0 Å². The molecule has 3 rings (SSSR count). The predicted molar refractivity (Wildman–Crippen MR) is 96.0 cm³/mol. The number of benzene rings is 2. The van der Waals surface area contributed by atoms with Crippen molar-refractivity contribution in [1.82, 2.24) is 10.0 Å². The van der Waals surface area contributed by atoms with E-state index in [1.807, 2.05) is 0 Å². The second-order valence-corrected chi connectivity index (χ2v) is 8.62. The maximum Gasteiger partial charge on any atom is 0.233 e. The quantitative estimate of drug-likeness (QED) is 0.389. The standard InChI is InChI=1S/C17H16N2O4S2/c20-12-19(21)16(14-4-2-1-3-5-14)10-25(22,23)9-13-6-7-15-17(8-13)24-11-18-15/h1-8,11-12,16,21H,9-10H2/t16-/m1/s1. The lowest BCUT2D eigenvalue weighted by Crippen LogP contribution is -2.30. The van der Waals surface area contributed by atoms with Gasteiger partial charge in [-0.1, -0.05) is 36.4 Å². The molecule has 1 heterocycles. The van der Waals surface area contributed by atoms with Crippen LogP contribution in [0.4, 0.5) is 0 Å². The zero-order valence-corrected chi connectivity index (χ0v) is 14.8. The monoisotopic (exact) mass is 376 g/mol. The molecule has 3 aromatic rings. The van der Waals surface area contributed by atoms with Crippen LogP contribution >= 0.6 is 11.3 Å². The maximum absolute atomic E-state index is 12.6. The fourth-order valence-electron chi connectivity index (χ4n) is 2.62. The highest BCUT2D eigenvalue weighted by Crippen LogP contribution is 2.24. The lowest BCUT2D eigenvalue weighted by molar-refractivity contribution is -0.158. The van der Waals surface area contributed by atoms with E-state index in [1.165, 1.54) is 11.3 Å². The van der Waals surface area contributed by atoms with Gasteiger partial charge in [0.25, 0.3) is 0 Å². The molecule has 0 aliphatic carbocycles. The summed E-state index contributed by atoms with van der Waals surface area (Å²) in [5, 5.41) is 10.2. The Kier molecular flexibility index (Phi) is 5.12. The Morgan fingerprint density at radius 2 is 1.96 bits per heavy atom. The first-order valence-corrected chi connectivity index (χ1v) is 10.2. The number of rotatable bonds is 7. The molecule has 0 fully saturated rings. The van der Waals surface area contributed by atoms with Crippen LogP contribution in [-0.2, 0) is 20.4 Å². The highest BCUT2D eigenvalue weighted by molar-refractivity contribution is 7.90. The van der Waals surface area contributed by atoms with Crippen molar-refractivity contribution in [1.29, 1.82) is 0 Å². The van der Waals surface area contributed by atoms with Crippen molar-refractivity contribution in [2.75, 3.05) is 5.75 Å². The van der Waals surface area contributed by atoms with Crippen molar-refractivity contribution in [2.24, 2.45) is 0 Å². The van der Waals surface area contributed by atoms with Gasteiger partial charge in [-0.2, -0.15) is 0 Å². The van der Waals surface area contributed by atoms with Gasteiger partial charge in [0.1, 0.15) is 0 Å². The van der Waals surface area contributed by atoms with Gasteiger partial charge in [0.2, 0.25) is 6.41 Å². The SMILES string of the molecule is O=CN(O)[C@H](CS(=O)(=O)Cc1ccc2ncsc2c1)c1ccccc1. The highest BCUT2D eigenvalue weighted by Gasteiger charge is 2.25. The topological polar surface area (TPSA) is 87.6 Å². The molecular formula is C17H16N2O4S2. The van der Waals surface area contributed by atoms with E-state index in [9.17, 15) is 18.4 Å². The minimum absolute atomic E-state index is 0.170. The summed E-state index contributed by atoms with van der Waals surface area (Å²) in [6.07, 6.45) is 0.219. The molecule has 0 bridgehead atoms. The molecule has 8 heteroatoms. The maximum atomic E-state index is 12.6. The van der Waals surface area contributed by atoms with Gasteiger partial charge in [0, 0.05) is 0 Å². The van der Waals surface area contributed by atoms with Crippen molar-refractivity contribution in [3.63, 3.8) is 0 Å². The number of sulfone groups is 1. The van der Waals surface area contributed by atoms with E-state index in [0.717, 1.165) is 10.2 Å². The largest absolute Gasteiger partial charge is 0.285 e. The highest BCUT2D eigenvalue weighted by atomic mass is 32.2. The van der Waals surface area contributed by atoms with E-state index in [2.05, 4.69) is 4.98 Å². The number of nitrogens with zero attached hydrogens (tertiary/aromatic N) is 2. The molecule has 1 N–H and O–H groups in total. The summed E-state index contributed by atoms with van der Waals surface area (Å²) in [4.78, 5) is 15.1. The second kappa shape index (κ2) is 7.30. The van der Waals surface area contributed by atoms with Crippen molar-refractivity contribution < 1.29 is 18.4 Å². The van der Waals surface area contributed by atoms with Crippen LogP contribution in [0, 0.1) is 0 Å². The normalized spacial score (nSPS) is 12.8. The summed E-state index contributed by atoms with van der Waals surface area (Å²) in [6, 6.07) is 13.0. The van der Waals surface area contributed by atoms with Gasteiger partial charge < -0.3 is 0 Å². The summed E-state index contributed by atoms with van der Waals surface area (Å²) < 4.78 is 26.1. The van der Waals surface area contributed by atoms with Gasteiger partial charge in [-0.3, -0.25) is 10.0 Å². The molecule has 25 heavy (non-hydrogen) atoms. The number of amides is 1. The van der Waals surface area contributed by atoms with Crippen LogP contribution in [0.1, 0.15) is 17.2 Å². The van der Waals surface area contributed by atoms with E-state index in [1.54, 1.807) is 54.0 Å². The van der Waals surface area contributed by atoms with Crippen molar-refractivity contribution in [2.45, 2.75) is 11.8 Å². The molecule has 0 spiro atoms. The summed E-state index contributed by atoms with van der Waals surface area (Å²) >= 11 is 1.45. The molecule has 0 radical (unpaired) electrons. The van der Waals surface area contributed by atoms with Crippen molar-refractivity contribution in [3.05, 3.63) is 65.2 Å². The fraction of sp³-hybridized carbons (Fsp3) is 0.176. The van der Waals surface area contributed by atoms with Gasteiger partial charge in [-0.15, -0.1) is 11.3 Å². The number of carbonyl (C=O) groups excluding carboxylic acids is 1. The molecule has 1 aromatic heterocycles. The lowest BCUT2D eigenvalue weighted by Gasteiger charge is -2.22. The smallest absolute Gasteiger partial charge is 0.233 e. The predicted octanol–water partition coefficient (Wildman–Crippen LogP) is 2.80. The van der Waals surface area contributed by atoms with Crippen LogP contribution in [0.25, 0.3) is 10.2 Å². The number of hydrogen-bond acceptors (Lipinski definition) is 6. The minimum atomic E-state index is -3.57. The third-order valence-electron chi connectivity index (χ3n) is 3.81. The lowest BCUT2D eigenvalue weighted by atomic mass is 10.1. The Labute approximate surface area is 149 Å². The molecule has 0 unspecified atom stereocenters. The first-order chi connectivity index (χ1) is 12.0. The first-order valence-electron chi connectivity index (χ1n) is 7.48. The van der Waals surface area contributed by atoms with Gasteiger partial charge >= 0.3 is 0 Å². The summed E-state index contributed by atoms with van der Waals surface area (Å²) in [5.41, 5.74) is 3.75. The summed E-state index contributed by atoms with van der Waals surface area (Å²) in [6.45, 7) is 0. The van der Waals surface area contributed by atoms with Gasteiger partial charge in [0.15, 0.2) is 9.84 Å². The van der Waals surface area contributed by atoms with Crippen LogP contribution in [-0.4, -0.2) is 35.8 Å². The van der Waals surface area contributed by atoms with Crippen molar-refractivity contribution in [3.8, 4) is 0 Å². The third kappa shape index (κ3) is 4.22. The Balaban J connectivity index is 1.83. The Bertz CT molecular complexity index is 970. The second-order valence-electron chi connectivity index (χ2n) is 5.62. The summed E-state index contributed by atoms with van der Waals surface area (Å²) in [7, 11) is -3.57. The Morgan fingerprint density at radius 3 is 2.68 bits per heavy atom. The third-order valence-corrected chi connectivity index (χ3v) is 6.19. The Morgan fingerprint density at radius 1 is 1.20 bits per heavy atom. The van der Waals surface area contributed by atoms with E-state index in [4.69, 9.17) is 0 Å². The number of hydrogen-bond donors (Lipinski definition) is 1. The van der Waals surface area contributed by atoms with Crippen LogP contribution in [0.5, 0.6) is 0 Å². The minimum Gasteiger partial charge on any atom is -0.285 e. The molecule has 0 saturated carbocycles. The van der Waals surface area contributed by atoms with E-state index in [0.29, 0.717) is 16.2 Å². The van der Waals surface area contributed by atoms with Gasteiger partial charge in [-0.25, -0.2) is 18.5 Å². The molecule has 0 saturated heterocycles. The van der Waals surface area contributed by atoms with Gasteiger partial charge in [0.05, 0.1) is 33.3 Å². The fourth-order valence-corrected chi connectivity index (χ4v) is 4.99. The first kappa shape index (κ1) is 17.5.